The topological polar surface area (TPSA) is 60.0 Å². The van der Waals surface area contributed by atoms with E-state index in [2.05, 4.69) is 5.32 Å². The van der Waals surface area contributed by atoms with Gasteiger partial charge in [-0.2, -0.15) is 0 Å². The van der Waals surface area contributed by atoms with Gasteiger partial charge in [0.15, 0.2) is 5.79 Å². The fraction of sp³-hybridized carbons (Fsp3) is 0.938. The van der Waals surface area contributed by atoms with Crippen LogP contribution in [0.4, 0.5) is 4.79 Å². The average Bonchev–Trinajstić information content (AvgIpc) is 3.14. The predicted molar refractivity (Wildman–Crippen MR) is 79.4 cm³/mol. The number of rotatable bonds is 2. The van der Waals surface area contributed by atoms with Gasteiger partial charge < -0.3 is 24.4 Å². The molecule has 6 heteroatoms. The monoisotopic (exact) mass is 310 g/mol. The Morgan fingerprint density at radius 1 is 1.14 bits per heavy atom. The second-order valence-corrected chi connectivity index (χ2v) is 7.38. The van der Waals surface area contributed by atoms with Crippen LogP contribution < -0.4 is 5.32 Å². The van der Waals surface area contributed by atoms with E-state index >= 15 is 0 Å². The Labute approximate surface area is 131 Å². The van der Waals surface area contributed by atoms with Crippen LogP contribution in [-0.4, -0.2) is 62.8 Å². The lowest BCUT2D eigenvalue weighted by atomic mass is 9.77. The predicted octanol–water partition coefficient (Wildman–Crippen LogP) is 1.35. The van der Waals surface area contributed by atoms with Gasteiger partial charge in [0.2, 0.25) is 0 Å². The van der Waals surface area contributed by atoms with Gasteiger partial charge in [-0.05, 0) is 25.2 Å². The lowest BCUT2D eigenvalue weighted by molar-refractivity contribution is -0.152. The Hall–Kier alpha value is -0.850. The highest BCUT2D eigenvalue weighted by atomic mass is 16.7. The number of hydrogen-bond donors (Lipinski definition) is 1. The van der Waals surface area contributed by atoms with Gasteiger partial charge in [-0.3, -0.25) is 0 Å². The van der Waals surface area contributed by atoms with E-state index in [-0.39, 0.29) is 11.8 Å². The van der Waals surface area contributed by atoms with Crippen molar-refractivity contribution >= 4 is 6.03 Å². The van der Waals surface area contributed by atoms with Crippen molar-refractivity contribution in [2.24, 2.45) is 11.3 Å². The van der Waals surface area contributed by atoms with E-state index in [1.54, 1.807) is 0 Å². The van der Waals surface area contributed by atoms with Crippen LogP contribution in [0, 0.1) is 11.3 Å². The standard InChI is InChI=1S/C16H26N2O4/c19-14(18-5-3-15(4-6-18)11-20-12-15)17-10-13-1-2-16(9-13)21-7-8-22-16/h13H,1-12H2,(H,17,19). The first-order valence-corrected chi connectivity index (χ1v) is 8.57. The lowest BCUT2D eigenvalue weighted by Crippen LogP contribution is -2.54. The van der Waals surface area contributed by atoms with Crippen molar-refractivity contribution in [1.29, 1.82) is 0 Å². The number of urea groups is 1. The summed E-state index contributed by atoms with van der Waals surface area (Å²) < 4.78 is 16.8. The maximum absolute atomic E-state index is 12.3. The first kappa shape index (κ1) is 14.7. The van der Waals surface area contributed by atoms with Crippen molar-refractivity contribution in [1.82, 2.24) is 10.2 Å². The molecule has 4 aliphatic rings. The van der Waals surface area contributed by atoms with Crippen molar-refractivity contribution in [3.8, 4) is 0 Å². The quantitative estimate of drug-likeness (QED) is 0.836. The molecular weight excluding hydrogens is 284 g/mol. The van der Waals surface area contributed by atoms with Crippen LogP contribution >= 0.6 is 0 Å². The number of amides is 2. The van der Waals surface area contributed by atoms with Gasteiger partial charge in [-0.1, -0.05) is 0 Å². The molecule has 1 N–H and O–H groups in total. The summed E-state index contributed by atoms with van der Waals surface area (Å²) in [5, 5.41) is 3.11. The zero-order valence-electron chi connectivity index (χ0n) is 13.1. The smallest absolute Gasteiger partial charge is 0.317 e. The normalized spacial score (nSPS) is 32.4. The fourth-order valence-electron chi connectivity index (χ4n) is 4.21. The molecule has 22 heavy (non-hydrogen) atoms. The third-order valence-corrected chi connectivity index (χ3v) is 5.82. The van der Waals surface area contributed by atoms with E-state index in [1.807, 2.05) is 4.90 Å². The third kappa shape index (κ3) is 2.72. The maximum atomic E-state index is 12.3. The van der Waals surface area contributed by atoms with Gasteiger partial charge >= 0.3 is 6.03 Å². The van der Waals surface area contributed by atoms with Gasteiger partial charge in [0.05, 0.1) is 26.4 Å². The summed E-state index contributed by atoms with van der Waals surface area (Å²) >= 11 is 0. The summed E-state index contributed by atoms with van der Waals surface area (Å²) in [7, 11) is 0. The molecule has 124 valence electrons. The van der Waals surface area contributed by atoms with Gasteiger partial charge in [0, 0.05) is 37.9 Å². The van der Waals surface area contributed by atoms with Gasteiger partial charge in [-0.25, -0.2) is 4.79 Å². The summed E-state index contributed by atoms with van der Waals surface area (Å²) in [4.78, 5) is 14.3. The van der Waals surface area contributed by atoms with E-state index in [0.29, 0.717) is 24.5 Å². The maximum Gasteiger partial charge on any atom is 0.317 e. The molecule has 0 aromatic heterocycles. The molecule has 0 aromatic rings. The largest absolute Gasteiger partial charge is 0.380 e. The highest BCUT2D eigenvalue weighted by molar-refractivity contribution is 5.74. The fourth-order valence-corrected chi connectivity index (χ4v) is 4.21. The summed E-state index contributed by atoms with van der Waals surface area (Å²) in [5.74, 6) is 0.134. The highest BCUT2D eigenvalue weighted by Crippen LogP contribution is 2.41. The summed E-state index contributed by atoms with van der Waals surface area (Å²) in [6.07, 6.45) is 5.09. The Morgan fingerprint density at radius 2 is 1.86 bits per heavy atom. The van der Waals surface area contributed by atoms with Crippen LogP contribution in [0.1, 0.15) is 32.1 Å². The van der Waals surface area contributed by atoms with Crippen molar-refractivity contribution in [3.63, 3.8) is 0 Å². The second kappa shape index (κ2) is 5.65. The van der Waals surface area contributed by atoms with Crippen LogP contribution in [-0.2, 0) is 14.2 Å². The molecule has 0 radical (unpaired) electrons. The van der Waals surface area contributed by atoms with E-state index in [1.165, 1.54) is 0 Å². The Balaban J connectivity index is 1.20. The minimum Gasteiger partial charge on any atom is -0.380 e. The highest BCUT2D eigenvalue weighted by Gasteiger charge is 2.44. The minimum absolute atomic E-state index is 0.0873. The van der Waals surface area contributed by atoms with Crippen molar-refractivity contribution in [2.75, 3.05) is 46.1 Å². The summed E-state index contributed by atoms with van der Waals surface area (Å²) in [5.41, 5.74) is 0.381. The first-order valence-electron chi connectivity index (χ1n) is 8.57. The minimum atomic E-state index is -0.336. The Bertz CT molecular complexity index is 422. The lowest BCUT2D eigenvalue weighted by Gasteiger charge is -2.47. The van der Waals surface area contributed by atoms with Gasteiger partial charge in [-0.15, -0.1) is 0 Å². The molecule has 3 aliphatic heterocycles. The molecule has 1 atom stereocenters. The number of carbonyl (C=O) groups excluding carboxylic acids is 1. The molecule has 2 spiro atoms. The van der Waals surface area contributed by atoms with Gasteiger partial charge in [0.25, 0.3) is 0 Å². The number of ether oxygens (including phenoxy) is 3. The van der Waals surface area contributed by atoms with Crippen molar-refractivity contribution < 1.29 is 19.0 Å². The first-order chi connectivity index (χ1) is 10.7. The molecule has 4 rings (SSSR count). The molecule has 0 bridgehead atoms. The molecule has 1 unspecified atom stereocenters. The number of likely N-dealkylation sites (tertiary alicyclic amines) is 1. The molecule has 1 saturated carbocycles. The number of carbonyl (C=O) groups is 1. The summed E-state index contributed by atoms with van der Waals surface area (Å²) in [6.45, 7) is 5.62. The SMILES string of the molecule is O=C(NCC1CCC2(C1)OCCO2)N1CCC2(CC1)COC2. The second-order valence-electron chi connectivity index (χ2n) is 7.38. The van der Waals surface area contributed by atoms with Crippen LogP contribution in [0.5, 0.6) is 0 Å². The zero-order valence-corrected chi connectivity index (χ0v) is 13.1. The molecule has 4 fully saturated rings. The van der Waals surface area contributed by atoms with E-state index in [0.717, 1.165) is 65.0 Å². The Morgan fingerprint density at radius 3 is 2.50 bits per heavy atom. The van der Waals surface area contributed by atoms with Crippen LogP contribution in [0.2, 0.25) is 0 Å². The molecule has 6 nitrogen and oxygen atoms in total. The average molecular weight is 310 g/mol. The molecule has 3 heterocycles. The van der Waals surface area contributed by atoms with Crippen molar-refractivity contribution in [2.45, 2.75) is 37.9 Å². The molecular formula is C16H26N2O4. The molecule has 2 amide bonds. The van der Waals surface area contributed by atoms with E-state index in [4.69, 9.17) is 14.2 Å². The Kier molecular flexibility index (Phi) is 3.78. The molecule has 3 saturated heterocycles. The van der Waals surface area contributed by atoms with E-state index in [9.17, 15) is 4.79 Å². The number of hydrogen-bond acceptors (Lipinski definition) is 4. The number of piperidine rings is 1. The molecule has 0 aromatic carbocycles. The molecule has 1 aliphatic carbocycles. The summed E-state index contributed by atoms with van der Waals surface area (Å²) in [6, 6.07) is 0.0873. The van der Waals surface area contributed by atoms with E-state index < -0.39 is 0 Å². The number of nitrogens with zero attached hydrogens (tertiary/aromatic N) is 1. The zero-order chi connectivity index (χ0) is 15.0. The van der Waals surface area contributed by atoms with Gasteiger partial charge in [0.1, 0.15) is 0 Å². The van der Waals surface area contributed by atoms with Crippen LogP contribution in [0.25, 0.3) is 0 Å². The number of nitrogens with one attached hydrogen (secondary N) is 1. The van der Waals surface area contributed by atoms with Crippen LogP contribution in [0.15, 0.2) is 0 Å². The van der Waals surface area contributed by atoms with Crippen molar-refractivity contribution in [3.05, 3.63) is 0 Å². The third-order valence-electron chi connectivity index (χ3n) is 5.82. The van der Waals surface area contributed by atoms with Crippen LogP contribution in [0.3, 0.4) is 0 Å².